The lowest BCUT2D eigenvalue weighted by Crippen LogP contribution is -2.29. The predicted molar refractivity (Wildman–Crippen MR) is 110 cm³/mol. The van der Waals surface area contributed by atoms with Crippen molar-refractivity contribution in [3.8, 4) is 17.1 Å². The molecule has 0 unspecified atom stereocenters. The van der Waals surface area contributed by atoms with Gasteiger partial charge in [0.25, 0.3) is 5.56 Å². The first-order chi connectivity index (χ1) is 13.5. The van der Waals surface area contributed by atoms with Crippen molar-refractivity contribution in [2.45, 2.75) is 53.0 Å². The minimum absolute atomic E-state index is 0.00385. The van der Waals surface area contributed by atoms with E-state index in [2.05, 4.69) is 21.9 Å². The fraction of sp³-hybridized carbons (Fsp3) is 0.455. The number of hydrogen-bond donors (Lipinski definition) is 0. The van der Waals surface area contributed by atoms with Gasteiger partial charge in [0.05, 0.1) is 24.0 Å². The van der Waals surface area contributed by atoms with E-state index in [1.165, 1.54) is 12.8 Å². The van der Waals surface area contributed by atoms with Gasteiger partial charge in [-0.05, 0) is 58.1 Å². The Morgan fingerprint density at radius 2 is 1.96 bits per heavy atom. The van der Waals surface area contributed by atoms with Gasteiger partial charge in [-0.25, -0.2) is 9.97 Å². The average molecular weight is 378 g/mol. The lowest BCUT2D eigenvalue weighted by molar-refractivity contribution is 0.394. The molecular weight excluding hydrogens is 352 g/mol. The first kappa shape index (κ1) is 18.6. The summed E-state index contributed by atoms with van der Waals surface area (Å²) in [7, 11) is 1.62. The van der Waals surface area contributed by atoms with Crippen molar-refractivity contribution >= 4 is 11.0 Å². The van der Waals surface area contributed by atoms with E-state index in [4.69, 9.17) is 4.74 Å². The van der Waals surface area contributed by atoms with Crippen molar-refractivity contribution in [3.05, 3.63) is 45.6 Å². The van der Waals surface area contributed by atoms with Crippen LogP contribution in [-0.4, -0.2) is 26.6 Å². The molecule has 0 N–H and O–H groups in total. The molecule has 0 spiro atoms. The Bertz CT molecular complexity index is 1120. The molecule has 28 heavy (non-hydrogen) atoms. The number of nitrogens with zero attached hydrogens (tertiary/aromatic N) is 4. The molecular formula is C22H26N4O2. The summed E-state index contributed by atoms with van der Waals surface area (Å²) in [6.45, 7) is 7.85. The Morgan fingerprint density at radius 3 is 2.61 bits per heavy atom. The molecule has 1 saturated carbocycles. The largest absolute Gasteiger partial charge is 0.481 e. The van der Waals surface area contributed by atoms with Gasteiger partial charge in [-0.1, -0.05) is 6.92 Å². The SMILES string of the molecule is CC[C@@H](C1CC1)n1c(=O)c(C)nc2c(-c3cc(C)c(OC)nc3C)nccc21. The third kappa shape index (κ3) is 2.97. The Morgan fingerprint density at radius 1 is 1.21 bits per heavy atom. The molecule has 1 aliphatic rings. The van der Waals surface area contributed by atoms with Gasteiger partial charge in [0.1, 0.15) is 11.2 Å². The predicted octanol–water partition coefficient (Wildman–Crippen LogP) is 4.15. The van der Waals surface area contributed by atoms with Crippen LogP contribution in [0.3, 0.4) is 0 Å². The van der Waals surface area contributed by atoms with Crippen LogP contribution < -0.4 is 10.3 Å². The van der Waals surface area contributed by atoms with Gasteiger partial charge in [-0.15, -0.1) is 0 Å². The molecule has 0 bridgehead atoms. The highest BCUT2D eigenvalue weighted by Crippen LogP contribution is 2.42. The molecule has 0 radical (unpaired) electrons. The maximum Gasteiger partial charge on any atom is 0.272 e. The van der Waals surface area contributed by atoms with Crippen molar-refractivity contribution < 1.29 is 4.74 Å². The van der Waals surface area contributed by atoms with E-state index < -0.39 is 0 Å². The summed E-state index contributed by atoms with van der Waals surface area (Å²) >= 11 is 0. The van der Waals surface area contributed by atoms with Gasteiger partial charge < -0.3 is 9.30 Å². The average Bonchev–Trinajstić information content (AvgIpc) is 3.51. The normalized spacial score (nSPS) is 15.0. The van der Waals surface area contributed by atoms with Crippen molar-refractivity contribution in [2.24, 2.45) is 5.92 Å². The lowest BCUT2D eigenvalue weighted by atomic mass is 10.0. The monoisotopic (exact) mass is 378 g/mol. The second kappa shape index (κ2) is 7.00. The molecule has 0 saturated heterocycles. The van der Waals surface area contributed by atoms with Gasteiger partial charge in [0, 0.05) is 23.4 Å². The quantitative estimate of drug-likeness (QED) is 0.667. The molecule has 4 rings (SSSR count). The third-order valence-electron chi connectivity index (χ3n) is 5.69. The summed E-state index contributed by atoms with van der Waals surface area (Å²) in [6.07, 6.45) is 5.07. The number of aromatic nitrogens is 4. The zero-order valence-electron chi connectivity index (χ0n) is 17.1. The van der Waals surface area contributed by atoms with E-state index in [1.54, 1.807) is 20.2 Å². The number of rotatable bonds is 5. The standard InChI is InChI=1S/C22H26N4O2/c1-6-17(15-7-8-15)26-18-9-10-23-19(20(18)24-14(4)22(26)27)16-11-12(2)21(28-5)25-13(16)3/h9-11,15,17H,6-8H2,1-5H3/t17-/m0/s1. The molecule has 1 atom stereocenters. The number of hydrogen-bond acceptors (Lipinski definition) is 5. The molecule has 146 valence electrons. The molecule has 6 heteroatoms. The number of methoxy groups -OCH3 is 1. The first-order valence-electron chi connectivity index (χ1n) is 9.86. The van der Waals surface area contributed by atoms with Crippen LogP contribution in [0.25, 0.3) is 22.3 Å². The van der Waals surface area contributed by atoms with Gasteiger partial charge in [-0.2, -0.15) is 0 Å². The molecule has 0 aromatic carbocycles. The zero-order chi connectivity index (χ0) is 20.0. The molecule has 6 nitrogen and oxygen atoms in total. The first-order valence-corrected chi connectivity index (χ1v) is 9.86. The Kier molecular flexibility index (Phi) is 4.65. The molecule has 1 aliphatic carbocycles. The van der Waals surface area contributed by atoms with Gasteiger partial charge >= 0.3 is 0 Å². The summed E-state index contributed by atoms with van der Waals surface area (Å²) in [4.78, 5) is 26.9. The van der Waals surface area contributed by atoms with Crippen molar-refractivity contribution in [2.75, 3.05) is 7.11 Å². The van der Waals surface area contributed by atoms with Crippen molar-refractivity contribution in [1.29, 1.82) is 0 Å². The van der Waals surface area contributed by atoms with Crippen molar-refractivity contribution in [3.63, 3.8) is 0 Å². The highest BCUT2D eigenvalue weighted by molar-refractivity contribution is 5.90. The smallest absolute Gasteiger partial charge is 0.272 e. The minimum atomic E-state index is 0.00385. The molecule has 0 aliphatic heterocycles. The maximum absolute atomic E-state index is 13.0. The third-order valence-corrected chi connectivity index (χ3v) is 5.69. The second-order valence-corrected chi connectivity index (χ2v) is 7.66. The van der Waals surface area contributed by atoms with Crippen LogP contribution in [0.5, 0.6) is 5.88 Å². The van der Waals surface area contributed by atoms with E-state index in [9.17, 15) is 4.79 Å². The maximum atomic E-state index is 13.0. The number of pyridine rings is 2. The topological polar surface area (TPSA) is 69.9 Å². The van der Waals surface area contributed by atoms with E-state index in [0.29, 0.717) is 17.5 Å². The van der Waals surface area contributed by atoms with Crippen LogP contribution in [0.1, 0.15) is 49.2 Å². The van der Waals surface area contributed by atoms with Crippen molar-refractivity contribution in [1.82, 2.24) is 19.5 Å². The molecule has 3 aromatic heterocycles. The second-order valence-electron chi connectivity index (χ2n) is 7.66. The Hall–Kier alpha value is -2.76. The van der Waals surface area contributed by atoms with E-state index in [-0.39, 0.29) is 11.6 Å². The van der Waals surface area contributed by atoms with Crippen LogP contribution >= 0.6 is 0 Å². The zero-order valence-corrected chi connectivity index (χ0v) is 17.1. The summed E-state index contributed by atoms with van der Waals surface area (Å²) in [6, 6.07) is 4.16. The number of ether oxygens (including phenoxy) is 1. The fourth-order valence-corrected chi connectivity index (χ4v) is 4.11. The molecule has 3 aromatic rings. The Labute approximate surface area is 164 Å². The number of fused-ring (bicyclic) bond motifs is 1. The summed E-state index contributed by atoms with van der Waals surface area (Å²) in [5, 5.41) is 0. The van der Waals surface area contributed by atoms with Crippen LogP contribution in [0, 0.1) is 26.7 Å². The lowest BCUT2D eigenvalue weighted by Gasteiger charge is -2.21. The Balaban J connectivity index is 2.01. The van der Waals surface area contributed by atoms with E-state index in [0.717, 1.165) is 40.0 Å². The van der Waals surface area contributed by atoms with Crippen LogP contribution in [0.15, 0.2) is 23.1 Å². The highest BCUT2D eigenvalue weighted by atomic mass is 16.5. The van der Waals surface area contributed by atoms with Gasteiger partial charge in [0.2, 0.25) is 5.88 Å². The van der Waals surface area contributed by atoms with E-state index in [1.807, 2.05) is 30.5 Å². The van der Waals surface area contributed by atoms with Crippen LogP contribution in [-0.2, 0) is 0 Å². The van der Waals surface area contributed by atoms with Crippen LogP contribution in [0.4, 0.5) is 0 Å². The molecule has 3 heterocycles. The van der Waals surface area contributed by atoms with Gasteiger partial charge in [0.15, 0.2) is 0 Å². The highest BCUT2D eigenvalue weighted by Gasteiger charge is 2.33. The minimum Gasteiger partial charge on any atom is -0.481 e. The molecule has 0 amide bonds. The molecule has 1 fully saturated rings. The fourth-order valence-electron chi connectivity index (χ4n) is 4.11. The van der Waals surface area contributed by atoms with Crippen LogP contribution in [0.2, 0.25) is 0 Å². The summed E-state index contributed by atoms with van der Waals surface area (Å²) in [5.74, 6) is 1.19. The number of aryl methyl sites for hydroxylation is 3. The summed E-state index contributed by atoms with van der Waals surface area (Å²) in [5.41, 5.74) is 5.57. The summed E-state index contributed by atoms with van der Waals surface area (Å²) < 4.78 is 7.30. The van der Waals surface area contributed by atoms with E-state index >= 15 is 0 Å². The van der Waals surface area contributed by atoms with Gasteiger partial charge in [-0.3, -0.25) is 9.78 Å².